The summed E-state index contributed by atoms with van der Waals surface area (Å²) in [5, 5.41) is 4.05. The van der Waals surface area contributed by atoms with Crippen LogP contribution in [0.5, 0.6) is 11.5 Å². The molecule has 2 heterocycles. The molecular formula is C22H23N3O4S. The normalized spacial score (nSPS) is 12.5. The first kappa shape index (κ1) is 20.3. The average molecular weight is 426 g/mol. The van der Waals surface area contributed by atoms with E-state index in [1.807, 2.05) is 50.2 Å². The Labute approximate surface area is 178 Å². The summed E-state index contributed by atoms with van der Waals surface area (Å²) in [6, 6.07) is 12.9. The highest BCUT2D eigenvalue weighted by Gasteiger charge is 2.15. The van der Waals surface area contributed by atoms with Gasteiger partial charge in [-0.3, -0.25) is 14.2 Å². The fraction of sp³-hybridized carbons (Fsp3) is 0.318. The number of nitrogens with zero attached hydrogens (tertiary/aromatic N) is 2. The molecule has 0 bridgehead atoms. The van der Waals surface area contributed by atoms with Gasteiger partial charge in [0, 0.05) is 13.1 Å². The van der Waals surface area contributed by atoms with Crippen LogP contribution in [-0.4, -0.2) is 28.0 Å². The zero-order valence-corrected chi connectivity index (χ0v) is 17.7. The Morgan fingerprint density at radius 1 is 1.20 bits per heavy atom. The van der Waals surface area contributed by atoms with Crippen LogP contribution in [0.4, 0.5) is 0 Å². The minimum atomic E-state index is -0.129. The third kappa shape index (κ3) is 4.43. The van der Waals surface area contributed by atoms with E-state index in [1.54, 1.807) is 10.6 Å². The number of carbonyl (C=O) groups excluding carboxylic acids is 1. The molecule has 0 fully saturated rings. The lowest BCUT2D eigenvalue weighted by Gasteiger charge is -2.15. The third-order valence-electron chi connectivity index (χ3n) is 4.63. The van der Waals surface area contributed by atoms with Crippen molar-refractivity contribution in [3.8, 4) is 11.5 Å². The Morgan fingerprint density at radius 2 is 2.00 bits per heavy atom. The second-order valence-electron chi connectivity index (χ2n) is 7.47. The smallest absolute Gasteiger partial charge is 0.262 e. The Bertz CT molecular complexity index is 1140. The molecule has 1 N–H and O–H groups in total. The van der Waals surface area contributed by atoms with Crippen LogP contribution in [0.1, 0.15) is 19.4 Å². The molecule has 1 amide bonds. The predicted octanol–water partition coefficient (Wildman–Crippen LogP) is 3.19. The summed E-state index contributed by atoms with van der Waals surface area (Å²) in [7, 11) is 0. The van der Waals surface area contributed by atoms with E-state index in [1.165, 1.54) is 11.8 Å². The molecule has 1 aliphatic heterocycles. The molecule has 0 aliphatic carbocycles. The van der Waals surface area contributed by atoms with Crippen molar-refractivity contribution in [3.63, 3.8) is 0 Å². The number of benzene rings is 2. The quantitative estimate of drug-likeness (QED) is 0.462. The van der Waals surface area contributed by atoms with Crippen molar-refractivity contribution in [2.75, 3.05) is 12.5 Å². The van der Waals surface area contributed by atoms with Crippen molar-refractivity contribution in [1.82, 2.24) is 14.9 Å². The average Bonchev–Trinajstić information content (AvgIpc) is 3.20. The highest BCUT2D eigenvalue weighted by atomic mass is 32.2. The van der Waals surface area contributed by atoms with Crippen molar-refractivity contribution in [2.45, 2.75) is 32.1 Å². The first-order chi connectivity index (χ1) is 14.5. The number of amides is 1. The molecule has 0 atom stereocenters. The van der Waals surface area contributed by atoms with Gasteiger partial charge in [0.25, 0.3) is 5.56 Å². The molecule has 0 unspecified atom stereocenters. The van der Waals surface area contributed by atoms with E-state index in [9.17, 15) is 9.59 Å². The fourth-order valence-corrected chi connectivity index (χ4v) is 4.06. The van der Waals surface area contributed by atoms with Gasteiger partial charge in [0.2, 0.25) is 12.7 Å². The summed E-state index contributed by atoms with van der Waals surface area (Å²) in [5.74, 6) is 1.73. The maximum atomic E-state index is 12.9. The summed E-state index contributed by atoms with van der Waals surface area (Å²) in [6.07, 6.45) is 0. The number of hydrogen-bond acceptors (Lipinski definition) is 6. The molecule has 3 aromatic rings. The maximum Gasteiger partial charge on any atom is 0.262 e. The molecule has 2 aromatic carbocycles. The van der Waals surface area contributed by atoms with Crippen LogP contribution in [0.3, 0.4) is 0 Å². The molecule has 30 heavy (non-hydrogen) atoms. The van der Waals surface area contributed by atoms with Crippen LogP contribution in [0.25, 0.3) is 10.9 Å². The Hall–Kier alpha value is -3.00. The van der Waals surface area contributed by atoms with Gasteiger partial charge in [-0.15, -0.1) is 0 Å². The molecule has 0 saturated heterocycles. The Balaban J connectivity index is 1.44. The minimum Gasteiger partial charge on any atom is -0.454 e. The van der Waals surface area contributed by atoms with Crippen molar-refractivity contribution in [1.29, 1.82) is 0 Å². The molecule has 1 aromatic heterocycles. The number of aromatic nitrogens is 2. The summed E-state index contributed by atoms with van der Waals surface area (Å²) in [6.45, 7) is 5.26. The van der Waals surface area contributed by atoms with Crippen LogP contribution >= 0.6 is 11.8 Å². The topological polar surface area (TPSA) is 82.5 Å². The number of hydrogen-bond donors (Lipinski definition) is 1. The lowest BCUT2D eigenvalue weighted by Crippen LogP contribution is -2.27. The van der Waals surface area contributed by atoms with Crippen LogP contribution in [-0.2, 0) is 17.9 Å². The molecule has 8 heteroatoms. The fourth-order valence-electron chi connectivity index (χ4n) is 3.22. The van der Waals surface area contributed by atoms with Gasteiger partial charge >= 0.3 is 0 Å². The summed E-state index contributed by atoms with van der Waals surface area (Å²) in [4.78, 5) is 30.0. The number of para-hydroxylation sites is 1. The number of carbonyl (C=O) groups is 1. The molecule has 7 nitrogen and oxygen atoms in total. The van der Waals surface area contributed by atoms with Gasteiger partial charge in [-0.2, -0.15) is 0 Å². The van der Waals surface area contributed by atoms with Gasteiger partial charge in [-0.05, 0) is 35.7 Å². The second kappa shape index (κ2) is 8.79. The van der Waals surface area contributed by atoms with Crippen LogP contribution in [0.15, 0.2) is 52.4 Å². The van der Waals surface area contributed by atoms with E-state index < -0.39 is 0 Å². The minimum absolute atomic E-state index is 0.0717. The van der Waals surface area contributed by atoms with E-state index in [0.717, 1.165) is 5.56 Å². The van der Waals surface area contributed by atoms with Crippen molar-refractivity contribution < 1.29 is 14.3 Å². The van der Waals surface area contributed by atoms with Crippen molar-refractivity contribution in [3.05, 3.63) is 58.4 Å². The van der Waals surface area contributed by atoms with Gasteiger partial charge < -0.3 is 14.8 Å². The highest BCUT2D eigenvalue weighted by Crippen LogP contribution is 2.32. The van der Waals surface area contributed by atoms with Gasteiger partial charge in [0.05, 0.1) is 16.7 Å². The molecule has 0 saturated carbocycles. The van der Waals surface area contributed by atoms with Gasteiger partial charge in [0.1, 0.15) is 0 Å². The highest BCUT2D eigenvalue weighted by molar-refractivity contribution is 7.99. The predicted molar refractivity (Wildman–Crippen MR) is 116 cm³/mol. The lowest BCUT2D eigenvalue weighted by molar-refractivity contribution is -0.118. The molecule has 4 rings (SSSR count). The first-order valence-electron chi connectivity index (χ1n) is 9.79. The lowest BCUT2D eigenvalue weighted by atomic mass is 10.2. The van der Waals surface area contributed by atoms with Crippen LogP contribution < -0.4 is 20.3 Å². The number of thioether (sulfide) groups is 1. The van der Waals surface area contributed by atoms with Crippen molar-refractivity contribution >= 4 is 28.6 Å². The Morgan fingerprint density at radius 3 is 2.83 bits per heavy atom. The largest absolute Gasteiger partial charge is 0.454 e. The monoisotopic (exact) mass is 425 g/mol. The number of ether oxygens (including phenoxy) is 2. The SMILES string of the molecule is CC(C)Cn1c(SCC(=O)NCc2ccc3c(c2)OCO3)nc2ccccc2c1=O. The molecule has 1 aliphatic rings. The van der Waals surface area contributed by atoms with Gasteiger partial charge in [-0.1, -0.05) is 43.8 Å². The van der Waals surface area contributed by atoms with Gasteiger partial charge in [-0.25, -0.2) is 4.98 Å². The zero-order chi connectivity index (χ0) is 21.1. The number of rotatable bonds is 7. The van der Waals surface area contributed by atoms with E-state index in [0.29, 0.717) is 40.6 Å². The van der Waals surface area contributed by atoms with E-state index >= 15 is 0 Å². The first-order valence-corrected chi connectivity index (χ1v) is 10.8. The second-order valence-corrected chi connectivity index (χ2v) is 8.42. The molecule has 0 spiro atoms. The zero-order valence-electron chi connectivity index (χ0n) is 16.9. The summed E-state index contributed by atoms with van der Waals surface area (Å²) in [5.41, 5.74) is 1.50. The number of nitrogens with one attached hydrogen (secondary N) is 1. The van der Waals surface area contributed by atoms with Crippen LogP contribution in [0, 0.1) is 5.92 Å². The molecule has 156 valence electrons. The molecule has 0 radical (unpaired) electrons. The standard InChI is InChI=1S/C22H23N3O4S/c1-14(2)11-25-21(27)16-5-3-4-6-17(16)24-22(25)30-12-20(26)23-10-15-7-8-18-19(9-15)29-13-28-18/h3-9,14H,10-13H2,1-2H3,(H,23,26). The summed E-state index contributed by atoms with van der Waals surface area (Å²) >= 11 is 1.28. The number of fused-ring (bicyclic) bond motifs is 2. The van der Waals surface area contributed by atoms with Gasteiger partial charge in [0.15, 0.2) is 16.7 Å². The van der Waals surface area contributed by atoms with Crippen molar-refractivity contribution in [2.24, 2.45) is 5.92 Å². The molecular weight excluding hydrogens is 402 g/mol. The maximum absolute atomic E-state index is 12.9. The van der Waals surface area contributed by atoms with Crippen LogP contribution in [0.2, 0.25) is 0 Å². The van der Waals surface area contributed by atoms with E-state index in [2.05, 4.69) is 10.3 Å². The Kier molecular flexibility index (Phi) is 5.94. The van der Waals surface area contributed by atoms with E-state index in [4.69, 9.17) is 9.47 Å². The third-order valence-corrected chi connectivity index (χ3v) is 5.61. The summed E-state index contributed by atoms with van der Waals surface area (Å²) < 4.78 is 12.3. The van der Waals surface area contributed by atoms with E-state index in [-0.39, 0.29) is 29.9 Å².